The van der Waals surface area contributed by atoms with Crippen LogP contribution in [-0.4, -0.2) is 10.8 Å². The number of fused-ring (bicyclic) bond motifs is 1. The van der Waals surface area contributed by atoms with E-state index in [1.807, 2.05) is 54.7 Å². The van der Waals surface area contributed by atoms with Crippen molar-refractivity contribution in [1.82, 2.24) is 4.98 Å². The van der Waals surface area contributed by atoms with E-state index in [1.165, 1.54) is 5.56 Å². The van der Waals surface area contributed by atoms with Gasteiger partial charge in [-0.25, -0.2) is 0 Å². The van der Waals surface area contributed by atoms with Crippen LogP contribution in [0.4, 0.5) is 0 Å². The van der Waals surface area contributed by atoms with Gasteiger partial charge < -0.3 is 4.98 Å². The molecule has 0 aliphatic rings. The van der Waals surface area contributed by atoms with Gasteiger partial charge in [-0.3, -0.25) is 4.79 Å². The third-order valence-electron chi connectivity index (χ3n) is 5.17. The number of Topliss-reactive ketones (excluding diaryl/α,β-unsaturated/α-hetero) is 1. The Morgan fingerprint density at radius 3 is 2.26 bits per heavy atom. The van der Waals surface area contributed by atoms with E-state index in [0.29, 0.717) is 0 Å². The number of hydrogen-bond acceptors (Lipinski definition) is 1. The van der Waals surface area contributed by atoms with Crippen LogP contribution in [0.2, 0.25) is 0 Å². The fourth-order valence-corrected chi connectivity index (χ4v) is 3.75. The zero-order valence-electron chi connectivity index (χ0n) is 15.3. The van der Waals surface area contributed by atoms with Crippen LogP contribution < -0.4 is 0 Å². The quantitative estimate of drug-likeness (QED) is 0.397. The van der Waals surface area contributed by atoms with Crippen molar-refractivity contribution in [3.8, 4) is 0 Å². The normalized spacial score (nSPS) is 12.1. The van der Waals surface area contributed by atoms with E-state index >= 15 is 0 Å². The van der Waals surface area contributed by atoms with Crippen LogP contribution in [0.5, 0.6) is 0 Å². The first-order chi connectivity index (χ1) is 13.3. The van der Waals surface area contributed by atoms with Gasteiger partial charge in [-0.2, -0.15) is 0 Å². The number of ketones is 1. The number of para-hydroxylation sites is 1. The van der Waals surface area contributed by atoms with Gasteiger partial charge in [0.2, 0.25) is 0 Å². The fourth-order valence-electron chi connectivity index (χ4n) is 3.75. The topological polar surface area (TPSA) is 32.9 Å². The van der Waals surface area contributed by atoms with Crippen LogP contribution in [0, 0.1) is 0 Å². The van der Waals surface area contributed by atoms with E-state index in [0.717, 1.165) is 41.3 Å². The van der Waals surface area contributed by atoms with Crippen molar-refractivity contribution in [2.75, 3.05) is 0 Å². The fraction of sp³-hybridized carbons (Fsp3) is 0.160. The summed E-state index contributed by atoms with van der Waals surface area (Å²) in [7, 11) is 0. The third kappa shape index (κ3) is 3.85. The van der Waals surface area contributed by atoms with Crippen molar-refractivity contribution in [2.45, 2.75) is 25.2 Å². The molecule has 0 aliphatic carbocycles. The minimum Gasteiger partial charge on any atom is -0.360 e. The Hall–Kier alpha value is -3.13. The summed E-state index contributed by atoms with van der Waals surface area (Å²) in [6.07, 6.45) is 4.68. The molecular formula is C25H23NO. The van der Waals surface area contributed by atoms with E-state index in [9.17, 15) is 4.79 Å². The Labute approximate surface area is 159 Å². The van der Waals surface area contributed by atoms with E-state index in [-0.39, 0.29) is 11.7 Å². The second-order valence-corrected chi connectivity index (χ2v) is 6.95. The lowest BCUT2D eigenvalue weighted by Crippen LogP contribution is -2.13. The Bertz CT molecular complexity index is 1020. The number of aromatic nitrogens is 1. The minimum atomic E-state index is -0.117. The van der Waals surface area contributed by atoms with E-state index < -0.39 is 0 Å². The maximum Gasteiger partial charge on any atom is 0.172 e. The lowest BCUT2D eigenvalue weighted by Gasteiger charge is -2.16. The van der Waals surface area contributed by atoms with Crippen LogP contribution in [0.1, 0.15) is 40.2 Å². The smallest absolute Gasteiger partial charge is 0.172 e. The Balaban J connectivity index is 1.59. The molecule has 1 heterocycles. The molecular weight excluding hydrogens is 330 g/mol. The lowest BCUT2D eigenvalue weighted by molar-refractivity contribution is 0.0956. The van der Waals surface area contributed by atoms with Crippen LogP contribution in [-0.2, 0) is 6.42 Å². The highest BCUT2D eigenvalue weighted by Crippen LogP contribution is 2.29. The molecule has 1 N–H and O–H groups in total. The van der Waals surface area contributed by atoms with Crippen molar-refractivity contribution < 1.29 is 4.79 Å². The van der Waals surface area contributed by atoms with Crippen LogP contribution in [0.25, 0.3) is 10.9 Å². The summed E-state index contributed by atoms with van der Waals surface area (Å²) >= 11 is 0. The first-order valence-corrected chi connectivity index (χ1v) is 9.52. The van der Waals surface area contributed by atoms with Gasteiger partial charge in [0.15, 0.2) is 5.78 Å². The molecule has 4 rings (SSSR count). The van der Waals surface area contributed by atoms with Crippen molar-refractivity contribution in [3.63, 3.8) is 0 Å². The first-order valence-electron chi connectivity index (χ1n) is 9.52. The van der Waals surface area contributed by atoms with E-state index in [1.54, 1.807) is 0 Å². The zero-order valence-corrected chi connectivity index (χ0v) is 15.3. The second kappa shape index (κ2) is 8.05. The van der Waals surface area contributed by atoms with Gasteiger partial charge in [-0.15, -0.1) is 0 Å². The highest BCUT2D eigenvalue weighted by molar-refractivity contribution is 6.10. The molecule has 0 amide bonds. The number of aryl methyl sites for hydroxylation is 1. The lowest BCUT2D eigenvalue weighted by atomic mass is 9.86. The average Bonchev–Trinajstić information content (AvgIpc) is 3.16. The number of H-pyrrole nitrogens is 1. The SMILES string of the molecule is O=C(c1c[nH]c2ccccc12)[C@H](CCCc1ccccc1)c1ccccc1. The van der Waals surface area contributed by atoms with Gasteiger partial charge in [0.1, 0.15) is 0 Å². The minimum absolute atomic E-state index is 0.117. The number of carbonyl (C=O) groups is 1. The average molecular weight is 353 g/mol. The first kappa shape index (κ1) is 17.3. The molecule has 0 saturated heterocycles. The molecule has 0 aliphatic heterocycles. The second-order valence-electron chi connectivity index (χ2n) is 6.95. The predicted molar refractivity (Wildman–Crippen MR) is 111 cm³/mol. The molecule has 1 atom stereocenters. The molecule has 0 unspecified atom stereocenters. The van der Waals surface area contributed by atoms with E-state index in [4.69, 9.17) is 0 Å². The van der Waals surface area contributed by atoms with Gasteiger partial charge in [0, 0.05) is 28.6 Å². The molecule has 2 heteroatoms. The summed E-state index contributed by atoms with van der Waals surface area (Å²) in [4.78, 5) is 16.7. The van der Waals surface area contributed by atoms with Gasteiger partial charge in [0.25, 0.3) is 0 Å². The molecule has 0 spiro atoms. The van der Waals surface area contributed by atoms with Gasteiger partial charge >= 0.3 is 0 Å². The summed E-state index contributed by atoms with van der Waals surface area (Å²) in [5, 5.41) is 1.01. The summed E-state index contributed by atoms with van der Waals surface area (Å²) in [6.45, 7) is 0. The van der Waals surface area contributed by atoms with Crippen LogP contribution in [0.15, 0.2) is 91.1 Å². The number of hydrogen-bond donors (Lipinski definition) is 1. The highest BCUT2D eigenvalue weighted by atomic mass is 16.1. The van der Waals surface area contributed by atoms with Crippen LogP contribution in [0.3, 0.4) is 0 Å². The summed E-state index contributed by atoms with van der Waals surface area (Å²) in [6, 6.07) is 28.7. The van der Waals surface area contributed by atoms with Crippen molar-refractivity contribution in [1.29, 1.82) is 0 Å². The third-order valence-corrected chi connectivity index (χ3v) is 5.17. The van der Waals surface area contributed by atoms with Crippen molar-refractivity contribution >= 4 is 16.7 Å². The summed E-state index contributed by atoms with van der Waals surface area (Å²) in [5.41, 5.74) is 4.22. The largest absolute Gasteiger partial charge is 0.360 e. The molecule has 0 saturated carbocycles. The molecule has 0 fully saturated rings. The Morgan fingerprint density at radius 1 is 0.815 bits per heavy atom. The molecule has 27 heavy (non-hydrogen) atoms. The number of aromatic amines is 1. The summed E-state index contributed by atoms with van der Waals surface area (Å²) in [5.74, 6) is 0.0841. The van der Waals surface area contributed by atoms with Gasteiger partial charge in [-0.1, -0.05) is 78.9 Å². The highest BCUT2D eigenvalue weighted by Gasteiger charge is 2.23. The maximum absolute atomic E-state index is 13.4. The number of carbonyl (C=O) groups excluding carboxylic acids is 1. The standard InChI is InChI=1S/C25H23NO/c27-25(23-18-26-24-17-8-7-15-22(23)24)21(20-13-5-2-6-14-20)16-9-12-19-10-3-1-4-11-19/h1-8,10-11,13-15,17-18,21,26H,9,12,16H2/t21-/m1/s1. The summed E-state index contributed by atoms with van der Waals surface area (Å²) < 4.78 is 0. The molecule has 3 aromatic carbocycles. The van der Waals surface area contributed by atoms with Gasteiger partial charge in [-0.05, 0) is 36.5 Å². The zero-order chi connectivity index (χ0) is 18.5. The molecule has 0 radical (unpaired) electrons. The number of benzene rings is 3. The molecule has 1 aromatic heterocycles. The number of nitrogens with one attached hydrogen (secondary N) is 1. The van der Waals surface area contributed by atoms with Crippen molar-refractivity contribution in [3.05, 3.63) is 108 Å². The molecule has 4 aromatic rings. The monoisotopic (exact) mass is 353 g/mol. The van der Waals surface area contributed by atoms with Crippen molar-refractivity contribution in [2.24, 2.45) is 0 Å². The molecule has 2 nitrogen and oxygen atoms in total. The number of rotatable bonds is 7. The van der Waals surface area contributed by atoms with E-state index in [2.05, 4.69) is 41.4 Å². The molecule has 0 bridgehead atoms. The Kier molecular flexibility index (Phi) is 5.15. The molecule has 134 valence electrons. The van der Waals surface area contributed by atoms with Gasteiger partial charge in [0.05, 0.1) is 0 Å². The predicted octanol–water partition coefficient (Wildman–Crippen LogP) is 6.16. The Morgan fingerprint density at radius 2 is 1.48 bits per heavy atom. The maximum atomic E-state index is 13.4. The van der Waals surface area contributed by atoms with Crippen LogP contribution >= 0.6 is 0 Å².